The largest absolute Gasteiger partial charge is 0.548 e. The highest BCUT2D eigenvalue weighted by atomic mass is 79.9. The molecule has 0 aliphatic carbocycles. The van der Waals surface area contributed by atoms with E-state index in [2.05, 4.69) is 15.9 Å². The molecule has 23 heavy (non-hydrogen) atoms. The molecule has 4 nitrogen and oxygen atoms in total. The maximum Gasteiger partial charge on any atom is 0.471 e. The Kier molecular flexibility index (Phi) is 5.67. The van der Waals surface area contributed by atoms with Gasteiger partial charge in [0.1, 0.15) is 0 Å². The number of aliphatic carboxylic acids is 1. The summed E-state index contributed by atoms with van der Waals surface area (Å²) >= 11 is 2.80. The van der Waals surface area contributed by atoms with E-state index in [0.717, 1.165) is 12.1 Å². The van der Waals surface area contributed by atoms with E-state index >= 15 is 0 Å². The van der Waals surface area contributed by atoms with E-state index in [0.29, 0.717) is 0 Å². The second kappa shape index (κ2) is 6.77. The summed E-state index contributed by atoms with van der Waals surface area (Å²) < 4.78 is 76.1. The third-order valence-electron chi connectivity index (χ3n) is 2.63. The topological polar surface area (TPSA) is 60.4 Å². The van der Waals surface area contributed by atoms with Crippen LogP contribution in [0.2, 0.25) is 0 Å². The first-order valence-corrected chi connectivity index (χ1v) is 6.84. The molecule has 1 amide bonds. The molecule has 0 heterocycles. The Balaban J connectivity index is 3.43. The van der Waals surface area contributed by atoms with Crippen molar-refractivity contribution in [3.63, 3.8) is 0 Å². The van der Waals surface area contributed by atoms with Crippen molar-refractivity contribution in [1.29, 1.82) is 0 Å². The van der Waals surface area contributed by atoms with E-state index < -0.39 is 42.0 Å². The van der Waals surface area contributed by atoms with Crippen LogP contribution in [0.5, 0.6) is 0 Å². The molecule has 0 aromatic heterocycles. The lowest BCUT2D eigenvalue weighted by atomic mass is 10.1. The molecular weight excluding hydrogens is 400 g/mol. The average molecular weight is 407 g/mol. The maximum atomic E-state index is 12.9. The van der Waals surface area contributed by atoms with E-state index in [1.54, 1.807) is 0 Å². The van der Waals surface area contributed by atoms with Gasteiger partial charge in [0, 0.05) is 11.0 Å². The van der Waals surface area contributed by atoms with Gasteiger partial charge in [-0.25, -0.2) is 0 Å². The SMILES string of the molecule is O=C([O-])CN(C(=O)C(F)(F)F)c1ccc(CBr)c(C(F)(F)F)c1. The molecule has 0 N–H and O–H groups in total. The first kappa shape index (κ1) is 19.3. The van der Waals surface area contributed by atoms with Crippen molar-refractivity contribution in [2.24, 2.45) is 0 Å². The zero-order valence-corrected chi connectivity index (χ0v) is 12.5. The average Bonchev–Trinajstić information content (AvgIpc) is 2.41. The molecule has 0 aliphatic heterocycles. The number of nitrogens with zero attached hydrogens (tertiary/aromatic N) is 1. The number of hydrogen-bond acceptors (Lipinski definition) is 3. The van der Waals surface area contributed by atoms with Gasteiger partial charge in [0.2, 0.25) is 0 Å². The predicted molar refractivity (Wildman–Crippen MR) is 67.5 cm³/mol. The maximum absolute atomic E-state index is 12.9. The van der Waals surface area contributed by atoms with Crippen molar-refractivity contribution >= 4 is 33.5 Å². The monoisotopic (exact) mass is 406 g/mol. The van der Waals surface area contributed by atoms with Gasteiger partial charge >= 0.3 is 18.3 Å². The number of anilines is 1. The Morgan fingerprint density at radius 3 is 2.09 bits per heavy atom. The van der Waals surface area contributed by atoms with Gasteiger partial charge in [-0.1, -0.05) is 22.0 Å². The van der Waals surface area contributed by atoms with Crippen LogP contribution in [0.4, 0.5) is 32.0 Å². The van der Waals surface area contributed by atoms with Crippen molar-refractivity contribution in [2.45, 2.75) is 17.7 Å². The lowest BCUT2D eigenvalue weighted by Gasteiger charge is -2.25. The molecule has 0 saturated carbocycles. The Bertz CT molecular complexity index is 614. The molecule has 0 fully saturated rings. The third-order valence-corrected chi connectivity index (χ3v) is 3.23. The summed E-state index contributed by atoms with van der Waals surface area (Å²) in [6.07, 6.45) is -10.4. The molecular formula is C12H7BrF6NO3-. The fourth-order valence-electron chi connectivity index (χ4n) is 1.68. The van der Waals surface area contributed by atoms with Crippen LogP contribution in [0.15, 0.2) is 18.2 Å². The van der Waals surface area contributed by atoms with Crippen molar-refractivity contribution in [1.82, 2.24) is 0 Å². The van der Waals surface area contributed by atoms with Crippen LogP contribution < -0.4 is 10.0 Å². The lowest BCUT2D eigenvalue weighted by Crippen LogP contribution is -2.47. The predicted octanol–water partition coefficient (Wildman–Crippen LogP) is 2.25. The smallest absolute Gasteiger partial charge is 0.471 e. The number of alkyl halides is 7. The number of carbonyl (C=O) groups excluding carboxylic acids is 2. The fraction of sp³-hybridized carbons (Fsp3) is 0.333. The normalized spacial score (nSPS) is 12.1. The minimum atomic E-state index is -5.46. The molecule has 0 aliphatic rings. The minimum absolute atomic E-state index is 0.240. The van der Waals surface area contributed by atoms with Gasteiger partial charge in [-0.3, -0.25) is 9.69 Å². The van der Waals surface area contributed by atoms with E-state index in [-0.39, 0.29) is 21.9 Å². The van der Waals surface area contributed by atoms with Gasteiger partial charge in [0.25, 0.3) is 0 Å². The van der Waals surface area contributed by atoms with Crippen molar-refractivity contribution < 1.29 is 41.0 Å². The molecule has 0 atom stereocenters. The number of amides is 1. The third kappa shape index (κ3) is 4.85. The number of carboxylic acids is 1. The minimum Gasteiger partial charge on any atom is -0.548 e. The summed E-state index contributed by atoms with van der Waals surface area (Å²) in [4.78, 5) is 21.4. The summed E-state index contributed by atoms with van der Waals surface area (Å²) in [6.45, 7) is -1.54. The molecule has 1 aromatic rings. The van der Waals surface area contributed by atoms with Gasteiger partial charge in [-0.2, -0.15) is 26.3 Å². The van der Waals surface area contributed by atoms with Crippen LogP contribution in [0.1, 0.15) is 11.1 Å². The quantitative estimate of drug-likeness (QED) is 0.569. The van der Waals surface area contributed by atoms with Gasteiger partial charge in [0.15, 0.2) is 0 Å². The zero-order chi connectivity index (χ0) is 18.0. The van der Waals surface area contributed by atoms with Gasteiger partial charge in [0.05, 0.1) is 18.1 Å². The number of rotatable bonds is 4. The summed E-state index contributed by atoms with van der Waals surface area (Å²) in [5, 5.41) is 10.3. The van der Waals surface area contributed by atoms with E-state index in [1.165, 1.54) is 0 Å². The first-order valence-electron chi connectivity index (χ1n) is 5.72. The molecule has 128 valence electrons. The van der Waals surface area contributed by atoms with Crippen LogP contribution in [0.25, 0.3) is 0 Å². The Hall–Kier alpha value is -1.78. The molecule has 0 spiro atoms. The van der Waals surface area contributed by atoms with Crippen LogP contribution in [0.3, 0.4) is 0 Å². The Morgan fingerprint density at radius 2 is 1.70 bits per heavy atom. The molecule has 0 bridgehead atoms. The van der Waals surface area contributed by atoms with E-state index in [4.69, 9.17) is 0 Å². The number of benzene rings is 1. The molecule has 0 saturated heterocycles. The number of hydrogen-bond donors (Lipinski definition) is 0. The second-order valence-corrected chi connectivity index (χ2v) is 4.79. The molecule has 0 unspecified atom stereocenters. The lowest BCUT2D eigenvalue weighted by molar-refractivity contribution is -0.303. The Morgan fingerprint density at radius 1 is 1.13 bits per heavy atom. The highest BCUT2D eigenvalue weighted by molar-refractivity contribution is 9.08. The van der Waals surface area contributed by atoms with Crippen LogP contribution in [-0.2, 0) is 21.1 Å². The van der Waals surface area contributed by atoms with Crippen LogP contribution in [-0.4, -0.2) is 24.6 Å². The number of carbonyl (C=O) groups is 2. The zero-order valence-electron chi connectivity index (χ0n) is 11.0. The highest BCUT2D eigenvalue weighted by Crippen LogP contribution is 2.36. The summed E-state index contributed by atoms with van der Waals surface area (Å²) in [7, 11) is 0. The van der Waals surface area contributed by atoms with Crippen molar-refractivity contribution in [2.75, 3.05) is 11.4 Å². The van der Waals surface area contributed by atoms with Gasteiger partial charge < -0.3 is 9.90 Å². The number of halogens is 7. The van der Waals surface area contributed by atoms with E-state index in [9.17, 15) is 41.0 Å². The molecule has 1 rings (SSSR count). The van der Waals surface area contributed by atoms with Gasteiger partial charge in [-0.05, 0) is 17.7 Å². The van der Waals surface area contributed by atoms with Crippen LogP contribution >= 0.6 is 15.9 Å². The van der Waals surface area contributed by atoms with Crippen molar-refractivity contribution in [3.05, 3.63) is 29.3 Å². The standard InChI is InChI=1S/C12H8BrF6NO3/c13-4-6-1-2-7(3-8(6)11(14,15)16)20(5-9(21)22)10(23)12(17,18)19/h1-3H,4-5H2,(H,21,22)/p-1. The Labute approximate surface area is 133 Å². The molecule has 1 aromatic carbocycles. The summed E-state index contributed by atoms with van der Waals surface area (Å²) in [6, 6.07) is 1.92. The van der Waals surface area contributed by atoms with Crippen LogP contribution in [0, 0.1) is 0 Å². The van der Waals surface area contributed by atoms with Gasteiger partial charge in [-0.15, -0.1) is 0 Å². The van der Waals surface area contributed by atoms with E-state index in [1.807, 2.05) is 0 Å². The first-order chi connectivity index (χ1) is 10.4. The molecule has 11 heteroatoms. The fourth-order valence-corrected chi connectivity index (χ4v) is 2.16. The second-order valence-electron chi connectivity index (χ2n) is 4.23. The molecule has 0 radical (unpaired) electrons. The number of carboxylic acid groups (broad SMARTS) is 1. The van der Waals surface area contributed by atoms with Crippen molar-refractivity contribution in [3.8, 4) is 0 Å². The highest BCUT2D eigenvalue weighted by Gasteiger charge is 2.43. The summed E-state index contributed by atoms with van der Waals surface area (Å²) in [5.41, 5.74) is -2.42. The summed E-state index contributed by atoms with van der Waals surface area (Å²) in [5.74, 6) is -4.66.